The molecule has 5 nitrogen and oxygen atoms in total. The van der Waals surface area contributed by atoms with E-state index in [2.05, 4.69) is 9.56 Å². The number of benzene rings is 1. The maximum absolute atomic E-state index is 10.9. The summed E-state index contributed by atoms with van der Waals surface area (Å²) in [5.74, 6) is 4.90. The van der Waals surface area contributed by atoms with Crippen molar-refractivity contribution >= 4 is 15.7 Å². The highest BCUT2D eigenvalue weighted by Crippen LogP contribution is 2.12. The van der Waals surface area contributed by atoms with Crippen LogP contribution in [0.25, 0.3) is 0 Å². The molecule has 0 atom stereocenters. The monoisotopic (exact) mass is 216 g/mol. The van der Waals surface area contributed by atoms with Crippen LogP contribution in [-0.2, 0) is 21.5 Å². The fraction of sp³-hybridized carbons (Fsp3) is 0.250. The second-order valence-electron chi connectivity index (χ2n) is 2.89. The Morgan fingerprint density at radius 1 is 1.50 bits per heavy atom. The van der Waals surface area contributed by atoms with Crippen LogP contribution in [0.5, 0.6) is 0 Å². The molecule has 0 spiro atoms. The normalized spacial score (nSPS) is 11.3. The molecule has 0 saturated carbocycles. The van der Waals surface area contributed by atoms with Crippen LogP contribution in [0.3, 0.4) is 0 Å². The van der Waals surface area contributed by atoms with Gasteiger partial charge in [0.1, 0.15) is 0 Å². The first-order valence-electron chi connectivity index (χ1n) is 3.90. The molecule has 14 heavy (non-hydrogen) atoms. The van der Waals surface area contributed by atoms with Gasteiger partial charge in [0.25, 0.3) is 0 Å². The van der Waals surface area contributed by atoms with Crippen LogP contribution in [0.1, 0.15) is 5.56 Å². The number of sulfonamides is 1. The predicted octanol–water partition coefficient (Wildman–Crippen LogP) is 0.448. The lowest BCUT2D eigenvalue weighted by molar-refractivity contribution is 0.124. The minimum absolute atomic E-state index is 0.249. The van der Waals surface area contributed by atoms with E-state index in [1.165, 1.54) is 0 Å². The van der Waals surface area contributed by atoms with Gasteiger partial charge in [-0.05, 0) is 17.7 Å². The molecule has 0 aromatic heterocycles. The number of hydrogen-bond donors (Lipinski definition) is 2. The zero-order valence-corrected chi connectivity index (χ0v) is 8.54. The molecule has 0 unspecified atom stereocenters. The van der Waals surface area contributed by atoms with Crippen molar-refractivity contribution in [2.24, 2.45) is 5.90 Å². The molecule has 0 saturated heterocycles. The van der Waals surface area contributed by atoms with Crippen LogP contribution in [-0.4, -0.2) is 14.7 Å². The number of rotatable bonds is 4. The molecule has 0 aliphatic rings. The largest absolute Gasteiger partial charge is 0.300 e. The first-order chi connectivity index (χ1) is 6.51. The molecule has 0 bridgehead atoms. The summed E-state index contributed by atoms with van der Waals surface area (Å²) in [5.41, 5.74) is 1.31. The number of nitrogens with two attached hydrogens (primary N) is 1. The van der Waals surface area contributed by atoms with Gasteiger partial charge in [0.2, 0.25) is 10.0 Å². The SMILES string of the molecule is CS(=O)(=O)Nc1cccc(CON)c1. The Kier molecular flexibility index (Phi) is 3.45. The van der Waals surface area contributed by atoms with E-state index in [-0.39, 0.29) is 6.61 Å². The first kappa shape index (κ1) is 11.0. The predicted molar refractivity (Wildman–Crippen MR) is 53.9 cm³/mol. The third kappa shape index (κ3) is 3.73. The molecule has 0 amide bonds. The second kappa shape index (κ2) is 4.41. The Morgan fingerprint density at radius 3 is 2.79 bits per heavy atom. The van der Waals surface area contributed by atoms with Crippen molar-refractivity contribution in [2.75, 3.05) is 11.0 Å². The number of hydrogen-bond acceptors (Lipinski definition) is 4. The molecule has 3 N–H and O–H groups in total. The maximum atomic E-state index is 10.9. The summed E-state index contributed by atoms with van der Waals surface area (Å²) in [6.07, 6.45) is 1.10. The van der Waals surface area contributed by atoms with Gasteiger partial charge in [0, 0.05) is 5.69 Å². The Hall–Kier alpha value is -1.11. The number of nitrogens with one attached hydrogen (secondary N) is 1. The van der Waals surface area contributed by atoms with Gasteiger partial charge in [-0.3, -0.25) is 9.56 Å². The van der Waals surface area contributed by atoms with E-state index in [0.717, 1.165) is 11.8 Å². The fourth-order valence-electron chi connectivity index (χ4n) is 1.03. The van der Waals surface area contributed by atoms with E-state index in [4.69, 9.17) is 5.90 Å². The molecule has 6 heteroatoms. The summed E-state index contributed by atoms with van der Waals surface area (Å²) in [6.45, 7) is 0.249. The van der Waals surface area contributed by atoms with E-state index >= 15 is 0 Å². The van der Waals surface area contributed by atoms with Crippen molar-refractivity contribution in [3.63, 3.8) is 0 Å². The minimum atomic E-state index is -3.23. The quantitative estimate of drug-likeness (QED) is 0.716. The third-order valence-corrected chi connectivity index (χ3v) is 2.09. The van der Waals surface area contributed by atoms with Crippen molar-refractivity contribution in [2.45, 2.75) is 6.61 Å². The van der Waals surface area contributed by atoms with Crippen molar-refractivity contribution in [3.8, 4) is 0 Å². The van der Waals surface area contributed by atoms with Gasteiger partial charge >= 0.3 is 0 Å². The average molecular weight is 216 g/mol. The molecule has 0 heterocycles. The second-order valence-corrected chi connectivity index (χ2v) is 4.63. The van der Waals surface area contributed by atoms with Crippen molar-refractivity contribution in [1.29, 1.82) is 0 Å². The molecule has 1 aromatic carbocycles. The minimum Gasteiger partial charge on any atom is -0.300 e. The van der Waals surface area contributed by atoms with Crippen LogP contribution in [0.15, 0.2) is 24.3 Å². The lowest BCUT2D eigenvalue weighted by Crippen LogP contribution is -2.09. The lowest BCUT2D eigenvalue weighted by Gasteiger charge is -2.05. The molecule has 0 aliphatic carbocycles. The zero-order chi connectivity index (χ0) is 10.6. The highest BCUT2D eigenvalue weighted by molar-refractivity contribution is 7.92. The maximum Gasteiger partial charge on any atom is 0.229 e. The standard InChI is InChI=1S/C8H12N2O3S/c1-14(11,12)10-8-4-2-3-7(5-8)6-13-9/h2-5,10H,6,9H2,1H3. The summed E-state index contributed by atoms with van der Waals surface area (Å²) in [4.78, 5) is 4.44. The van der Waals surface area contributed by atoms with Gasteiger partial charge in [-0.2, -0.15) is 0 Å². The van der Waals surface area contributed by atoms with E-state index in [0.29, 0.717) is 5.69 Å². The smallest absolute Gasteiger partial charge is 0.229 e. The summed E-state index contributed by atoms with van der Waals surface area (Å²) >= 11 is 0. The van der Waals surface area contributed by atoms with Gasteiger partial charge < -0.3 is 0 Å². The van der Waals surface area contributed by atoms with Gasteiger partial charge in [0.05, 0.1) is 12.9 Å². The molecule has 1 rings (SSSR count). The Labute approximate surface area is 82.9 Å². The fourth-order valence-corrected chi connectivity index (χ4v) is 1.59. The van der Waals surface area contributed by atoms with E-state index < -0.39 is 10.0 Å². The first-order valence-corrected chi connectivity index (χ1v) is 5.79. The van der Waals surface area contributed by atoms with Crippen molar-refractivity contribution < 1.29 is 13.3 Å². The van der Waals surface area contributed by atoms with Crippen LogP contribution >= 0.6 is 0 Å². The topological polar surface area (TPSA) is 81.4 Å². The number of anilines is 1. The van der Waals surface area contributed by atoms with Gasteiger partial charge in [-0.1, -0.05) is 12.1 Å². The Balaban J connectivity index is 2.83. The molecular weight excluding hydrogens is 204 g/mol. The van der Waals surface area contributed by atoms with Crippen LogP contribution in [0, 0.1) is 0 Å². The van der Waals surface area contributed by atoms with E-state index in [9.17, 15) is 8.42 Å². The highest BCUT2D eigenvalue weighted by Gasteiger charge is 2.01. The van der Waals surface area contributed by atoms with Crippen LogP contribution in [0.2, 0.25) is 0 Å². The van der Waals surface area contributed by atoms with Crippen molar-refractivity contribution in [1.82, 2.24) is 0 Å². The average Bonchev–Trinajstić information content (AvgIpc) is 2.02. The summed E-state index contributed by atoms with van der Waals surface area (Å²) in [7, 11) is -3.23. The summed E-state index contributed by atoms with van der Waals surface area (Å²) < 4.78 is 24.2. The summed E-state index contributed by atoms with van der Waals surface area (Å²) in [6, 6.07) is 6.83. The molecular formula is C8H12N2O3S. The van der Waals surface area contributed by atoms with Crippen LogP contribution < -0.4 is 10.6 Å². The molecule has 0 radical (unpaired) electrons. The van der Waals surface area contributed by atoms with E-state index in [1.807, 2.05) is 0 Å². The third-order valence-electron chi connectivity index (χ3n) is 1.48. The summed E-state index contributed by atoms with van der Waals surface area (Å²) in [5, 5.41) is 0. The van der Waals surface area contributed by atoms with Gasteiger partial charge in [0.15, 0.2) is 0 Å². The van der Waals surface area contributed by atoms with E-state index in [1.54, 1.807) is 24.3 Å². The van der Waals surface area contributed by atoms with Crippen LogP contribution in [0.4, 0.5) is 5.69 Å². The molecule has 1 aromatic rings. The van der Waals surface area contributed by atoms with Gasteiger partial charge in [-0.25, -0.2) is 14.3 Å². The lowest BCUT2D eigenvalue weighted by atomic mass is 10.2. The molecule has 0 aliphatic heterocycles. The van der Waals surface area contributed by atoms with Gasteiger partial charge in [-0.15, -0.1) is 0 Å². The zero-order valence-electron chi connectivity index (χ0n) is 7.73. The van der Waals surface area contributed by atoms with Crippen molar-refractivity contribution in [3.05, 3.63) is 29.8 Å². The Morgan fingerprint density at radius 2 is 2.21 bits per heavy atom. The Bertz CT molecular complexity index is 403. The molecule has 0 fully saturated rings. The molecule has 78 valence electrons. The highest BCUT2D eigenvalue weighted by atomic mass is 32.2.